The highest BCUT2D eigenvalue weighted by Crippen LogP contribution is 2.18. The summed E-state index contributed by atoms with van der Waals surface area (Å²) in [7, 11) is 1.85. The number of halogens is 1. The van der Waals surface area contributed by atoms with Crippen molar-refractivity contribution in [2.75, 3.05) is 20.1 Å². The molecule has 0 spiro atoms. The van der Waals surface area contributed by atoms with Gasteiger partial charge in [0.1, 0.15) is 6.17 Å². The van der Waals surface area contributed by atoms with Crippen LogP contribution in [0.3, 0.4) is 0 Å². The van der Waals surface area contributed by atoms with Gasteiger partial charge in [0, 0.05) is 38.2 Å². The van der Waals surface area contributed by atoms with Gasteiger partial charge in [-0.1, -0.05) is 67.8 Å². The number of likely N-dealkylation sites (tertiary alicyclic amines) is 1. The lowest BCUT2D eigenvalue weighted by Gasteiger charge is -2.25. The van der Waals surface area contributed by atoms with Crippen LogP contribution >= 0.6 is 0 Å². The van der Waals surface area contributed by atoms with Gasteiger partial charge in [-0.2, -0.15) is 5.10 Å². The number of rotatable bonds is 8. The maximum absolute atomic E-state index is 13.0. The Hall–Kier alpha value is -3.46. The smallest absolute Gasteiger partial charge is 0.119 e. The molecule has 0 radical (unpaired) electrons. The summed E-state index contributed by atoms with van der Waals surface area (Å²) in [4.78, 5) is 1.93. The van der Waals surface area contributed by atoms with E-state index >= 15 is 0 Å². The summed E-state index contributed by atoms with van der Waals surface area (Å²) in [6.07, 6.45) is 3.96. The summed E-state index contributed by atoms with van der Waals surface area (Å²) >= 11 is 0. The highest BCUT2D eigenvalue weighted by atomic mass is 19.1. The number of nitrogens with zero attached hydrogens (tertiary/aromatic N) is 3. The third-order valence-electron chi connectivity index (χ3n) is 5.95. The lowest BCUT2D eigenvalue weighted by molar-refractivity contribution is 0.311. The SMILES string of the molecule is C=C(C(N)Cn1cccn1)N1CCC(F)C1.C=C(C)NC.NC(N)c1ccc(Cc2ccccc2)cc1. The Bertz CT molecular complexity index is 1050. The molecule has 1 aromatic heterocycles. The van der Waals surface area contributed by atoms with Gasteiger partial charge < -0.3 is 27.4 Å². The van der Waals surface area contributed by atoms with Crippen LogP contribution in [-0.4, -0.2) is 47.0 Å². The van der Waals surface area contributed by atoms with Crippen molar-refractivity contribution in [2.24, 2.45) is 17.2 Å². The van der Waals surface area contributed by atoms with Gasteiger partial charge in [0.15, 0.2) is 0 Å². The molecule has 0 amide bonds. The van der Waals surface area contributed by atoms with E-state index in [1.165, 1.54) is 11.1 Å². The maximum Gasteiger partial charge on any atom is 0.119 e. The molecular formula is C29H42FN7. The number of nitrogens with one attached hydrogen (secondary N) is 1. The first-order chi connectivity index (χ1) is 17.7. The van der Waals surface area contributed by atoms with Crippen LogP contribution in [0, 0.1) is 0 Å². The zero-order chi connectivity index (χ0) is 27.2. The largest absolute Gasteiger partial charge is 0.392 e. The molecule has 7 N–H and O–H groups in total. The van der Waals surface area contributed by atoms with Crippen molar-refractivity contribution in [3.05, 3.63) is 114 Å². The lowest BCUT2D eigenvalue weighted by Crippen LogP contribution is -2.36. The lowest BCUT2D eigenvalue weighted by atomic mass is 10.0. The van der Waals surface area contributed by atoms with Crippen LogP contribution in [0.1, 0.15) is 36.2 Å². The summed E-state index contributed by atoms with van der Waals surface area (Å²) < 4.78 is 14.8. The van der Waals surface area contributed by atoms with E-state index in [2.05, 4.69) is 60.0 Å². The molecule has 2 unspecified atom stereocenters. The summed E-state index contributed by atoms with van der Waals surface area (Å²) in [6, 6.07) is 20.2. The summed E-state index contributed by atoms with van der Waals surface area (Å²) in [5.41, 5.74) is 22.6. The zero-order valence-electron chi connectivity index (χ0n) is 22.1. The van der Waals surface area contributed by atoms with E-state index in [0.29, 0.717) is 26.1 Å². The van der Waals surface area contributed by atoms with Gasteiger partial charge in [-0.25, -0.2) is 4.39 Å². The van der Waals surface area contributed by atoms with Crippen molar-refractivity contribution in [3.8, 4) is 0 Å². The highest BCUT2D eigenvalue weighted by Gasteiger charge is 2.25. The number of alkyl halides is 1. The molecule has 1 fully saturated rings. The molecule has 1 aliphatic rings. The molecule has 0 bridgehead atoms. The summed E-state index contributed by atoms with van der Waals surface area (Å²) in [6.45, 7) is 11.1. The molecule has 2 atom stereocenters. The van der Waals surface area contributed by atoms with Crippen LogP contribution in [0.25, 0.3) is 0 Å². The molecular weight excluding hydrogens is 465 g/mol. The molecule has 0 aliphatic carbocycles. The van der Waals surface area contributed by atoms with Crippen molar-refractivity contribution in [1.82, 2.24) is 20.0 Å². The van der Waals surface area contributed by atoms with E-state index in [1.807, 2.05) is 49.3 Å². The molecule has 2 heterocycles. The third kappa shape index (κ3) is 11.0. The Morgan fingerprint density at radius 2 is 1.68 bits per heavy atom. The van der Waals surface area contributed by atoms with Crippen LogP contribution in [0.4, 0.5) is 4.39 Å². The number of benzene rings is 2. The van der Waals surface area contributed by atoms with E-state index < -0.39 is 6.17 Å². The molecule has 1 aliphatic heterocycles. The van der Waals surface area contributed by atoms with Gasteiger partial charge >= 0.3 is 0 Å². The summed E-state index contributed by atoms with van der Waals surface area (Å²) in [5.74, 6) is 0. The molecule has 0 saturated carbocycles. The Balaban J connectivity index is 0.000000221. The minimum absolute atomic E-state index is 0.204. The topological polar surface area (TPSA) is 111 Å². The Labute approximate surface area is 220 Å². The second-order valence-corrected chi connectivity index (χ2v) is 9.12. The van der Waals surface area contributed by atoms with Gasteiger partial charge in [0.05, 0.1) is 18.8 Å². The molecule has 3 aromatic rings. The van der Waals surface area contributed by atoms with Crippen molar-refractivity contribution in [3.63, 3.8) is 0 Å². The number of hydrogen-bond donors (Lipinski definition) is 4. The van der Waals surface area contributed by atoms with Crippen molar-refractivity contribution >= 4 is 0 Å². The molecule has 8 heteroatoms. The van der Waals surface area contributed by atoms with E-state index in [0.717, 1.165) is 23.4 Å². The number of aromatic nitrogens is 2. The predicted octanol–water partition coefficient (Wildman–Crippen LogP) is 3.70. The molecule has 4 rings (SSSR count). The third-order valence-corrected chi connectivity index (χ3v) is 5.95. The average Bonchev–Trinajstić information content (AvgIpc) is 3.57. The van der Waals surface area contributed by atoms with E-state index in [4.69, 9.17) is 17.2 Å². The van der Waals surface area contributed by atoms with Crippen LogP contribution in [0.2, 0.25) is 0 Å². The molecule has 2 aromatic carbocycles. The molecule has 200 valence electrons. The maximum atomic E-state index is 13.0. The van der Waals surface area contributed by atoms with E-state index in [9.17, 15) is 4.39 Å². The van der Waals surface area contributed by atoms with E-state index in [1.54, 1.807) is 10.9 Å². The summed E-state index contributed by atoms with van der Waals surface area (Å²) in [5, 5.41) is 6.92. The van der Waals surface area contributed by atoms with Gasteiger partial charge in [-0.05, 0) is 48.2 Å². The Kier molecular flexibility index (Phi) is 12.6. The minimum Gasteiger partial charge on any atom is -0.392 e. The van der Waals surface area contributed by atoms with Crippen molar-refractivity contribution < 1.29 is 4.39 Å². The second-order valence-electron chi connectivity index (χ2n) is 9.12. The van der Waals surface area contributed by atoms with Crippen LogP contribution in [0.5, 0.6) is 0 Å². The van der Waals surface area contributed by atoms with Gasteiger partial charge in [0.2, 0.25) is 0 Å². The van der Waals surface area contributed by atoms with Gasteiger partial charge in [-0.3, -0.25) is 4.68 Å². The Morgan fingerprint density at radius 3 is 2.16 bits per heavy atom. The van der Waals surface area contributed by atoms with Gasteiger partial charge in [-0.15, -0.1) is 0 Å². The van der Waals surface area contributed by atoms with Crippen LogP contribution in [-0.2, 0) is 13.0 Å². The van der Waals surface area contributed by atoms with Crippen LogP contribution in [0.15, 0.2) is 97.6 Å². The van der Waals surface area contributed by atoms with Crippen molar-refractivity contribution in [1.29, 1.82) is 0 Å². The average molecular weight is 508 g/mol. The minimum atomic E-state index is -0.742. The standard InChI is InChI=1S/C14H16N2.C11H17FN4.C4H9N/c15-14(16)13-8-6-12(7-9-13)10-11-4-2-1-3-5-11;1-9(15-6-3-10(12)7-15)11(13)8-16-5-2-4-14-16;1-4(2)5-3/h1-9,14H,10,15-16H2;2,4-5,10-11H,1,3,6-8,13H2;5H,1H2,2-3H3. The number of allylic oxidation sites excluding steroid dienone is 1. The highest BCUT2D eigenvalue weighted by molar-refractivity contribution is 5.29. The Morgan fingerprint density at radius 1 is 1.05 bits per heavy atom. The van der Waals surface area contributed by atoms with Gasteiger partial charge in [0.25, 0.3) is 0 Å². The molecule has 37 heavy (non-hydrogen) atoms. The number of nitrogens with two attached hydrogens (primary N) is 3. The first kappa shape index (κ1) is 29.8. The fraction of sp³-hybridized carbons (Fsp3) is 0.345. The predicted molar refractivity (Wildman–Crippen MR) is 151 cm³/mol. The monoisotopic (exact) mass is 507 g/mol. The fourth-order valence-corrected chi connectivity index (χ4v) is 3.62. The molecule has 7 nitrogen and oxygen atoms in total. The second kappa shape index (κ2) is 15.6. The number of hydrogen-bond acceptors (Lipinski definition) is 6. The normalized spacial score (nSPS) is 15.2. The quantitative estimate of drug-likeness (QED) is 0.346. The van der Waals surface area contributed by atoms with Crippen LogP contribution < -0.4 is 22.5 Å². The fourth-order valence-electron chi connectivity index (χ4n) is 3.62. The van der Waals surface area contributed by atoms with E-state index in [-0.39, 0.29) is 12.2 Å². The first-order valence-corrected chi connectivity index (χ1v) is 12.5. The molecule has 1 saturated heterocycles. The zero-order valence-corrected chi connectivity index (χ0v) is 22.1. The first-order valence-electron chi connectivity index (χ1n) is 12.5. The van der Waals surface area contributed by atoms with Crippen molar-refractivity contribution in [2.45, 2.75) is 44.7 Å².